The van der Waals surface area contributed by atoms with Crippen LogP contribution < -0.4 is 4.90 Å². The van der Waals surface area contributed by atoms with Crippen LogP contribution in [0.2, 0.25) is 0 Å². The highest BCUT2D eigenvalue weighted by Crippen LogP contribution is 2.40. The van der Waals surface area contributed by atoms with Crippen molar-refractivity contribution < 1.29 is 22.8 Å². The van der Waals surface area contributed by atoms with Crippen molar-refractivity contribution in [3.05, 3.63) is 65.2 Å². The number of benzene rings is 2. The van der Waals surface area contributed by atoms with E-state index in [4.69, 9.17) is 0 Å². The van der Waals surface area contributed by atoms with Crippen molar-refractivity contribution in [1.82, 2.24) is 14.7 Å². The third-order valence-electron chi connectivity index (χ3n) is 7.73. The van der Waals surface area contributed by atoms with Gasteiger partial charge in [-0.15, -0.1) is 0 Å². The Balaban J connectivity index is 1.41. The number of carbonyl (C=O) groups excluding carboxylic acids is 2. The maximum Gasteiger partial charge on any atom is 0.416 e. The van der Waals surface area contributed by atoms with E-state index >= 15 is 0 Å². The summed E-state index contributed by atoms with van der Waals surface area (Å²) in [5.41, 5.74) is 1.90. The Morgan fingerprint density at radius 1 is 0.917 bits per heavy atom. The van der Waals surface area contributed by atoms with Crippen LogP contribution in [-0.2, 0) is 28.7 Å². The smallest absolute Gasteiger partial charge is 0.365 e. The van der Waals surface area contributed by atoms with Crippen LogP contribution in [0.15, 0.2) is 48.5 Å². The van der Waals surface area contributed by atoms with Crippen molar-refractivity contribution in [2.24, 2.45) is 5.92 Å². The second-order valence-corrected chi connectivity index (χ2v) is 9.96. The number of alkyl halides is 3. The van der Waals surface area contributed by atoms with Gasteiger partial charge >= 0.3 is 6.18 Å². The Morgan fingerprint density at radius 2 is 1.61 bits per heavy atom. The van der Waals surface area contributed by atoms with Gasteiger partial charge in [0.05, 0.1) is 17.5 Å². The molecule has 0 aromatic heterocycles. The monoisotopic (exact) mass is 500 g/mol. The summed E-state index contributed by atoms with van der Waals surface area (Å²) in [6.07, 6.45) is -4.14. The molecule has 0 bridgehead atoms. The van der Waals surface area contributed by atoms with Crippen LogP contribution in [0.5, 0.6) is 0 Å². The normalized spacial score (nSPS) is 22.7. The summed E-state index contributed by atoms with van der Waals surface area (Å²) in [7, 11) is 0. The van der Waals surface area contributed by atoms with Gasteiger partial charge in [-0.1, -0.05) is 30.3 Å². The molecule has 3 heterocycles. The number of rotatable bonds is 3. The minimum atomic E-state index is -4.43. The number of halogens is 3. The number of anilines is 1. The number of nitrogens with zero attached hydrogens (tertiary/aromatic N) is 4. The second kappa shape index (κ2) is 9.76. The highest BCUT2D eigenvalue weighted by molar-refractivity contribution is 5.83. The van der Waals surface area contributed by atoms with Gasteiger partial charge in [0.15, 0.2) is 0 Å². The molecule has 0 aliphatic carbocycles. The fraction of sp³-hybridized carbons (Fsp3) is 0.481. The minimum Gasteiger partial charge on any atom is -0.365 e. The molecule has 2 aromatic rings. The molecule has 2 fully saturated rings. The molecule has 192 valence electrons. The predicted molar refractivity (Wildman–Crippen MR) is 130 cm³/mol. The number of piperazine rings is 2. The van der Waals surface area contributed by atoms with Gasteiger partial charge in [0.2, 0.25) is 11.8 Å². The van der Waals surface area contributed by atoms with E-state index in [0.717, 1.165) is 24.8 Å². The topological polar surface area (TPSA) is 47.1 Å². The van der Waals surface area contributed by atoms with Gasteiger partial charge in [-0.2, -0.15) is 13.2 Å². The number of hydrogen-bond acceptors (Lipinski definition) is 4. The molecule has 36 heavy (non-hydrogen) atoms. The van der Waals surface area contributed by atoms with E-state index < -0.39 is 17.7 Å². The molecular weight excluding hydrogens is 469 g/mol. The molecule has 0 radical (unpaired) electrons. The van der Waals surface area contributed by atoms with Gasteiger partial charge in [-0.05, 0) is 35.7 Å². The Morgan fingerprint density at radius 3 is 2.28 bits per heavy atom. The van der Waals surface area contributed by atoms with E-state index in [1.54, 1.807) is 15.9 Å². The molecule has 2 amide bonds. The lowest BCUT2D eigenvalue weighted by Crippen LogP contribution is -2.62. The first-order chi connectivity index (χ1) is 17.2. The summed E-state index contributed by atoms with van der Waals surface area (Å²) in [5, 5.41) is 0. The molecule has 0 N–H and O–H groups in total. The number of hydrogen-bond donors (Lipinski definition) is 0. The van der Waals surface area contributed by atoms with Crippen molar-refractivity contribution in [2.75, 3.05) is 50.7 Å². The fourth-order valence-corrected chi connectivity index (χ4v) is 5.80. The zero-order valence-corrected chi connectivity index (χ0v) is 20.4. The van der Waals surface area contributed by atoms with Crippen molar-refractivity contribution in [3.63, 3.8) is 0 Å². The molecule has 3 aliphatic rings. The van der Waals surface area contributed by atoms with E-state index in [2.05, 4.69) is 21.9 Å². The van der Waals surface area contributed by atoms with Crippen LogP contribution in [0.3, 0.4) is 0 Å². The number of carbonyl (C=O) groups is 2. The maximum atomic E-state index is 13.8. The Labute approximate surface area is 209 Å². The third kappa shape index (κ3) is 4.93. The van der Waals surface area contributed by atoms with Crippen molar-refractivity contribution in [1.29, 1.82) is 0 Å². The lowest BCUT2D eigenvalue weighted by atomic mass is 9.82. The first kappa shape index (κ1) is 24.6. The summed E-state index contributed by atoms with van der Waals surface area (Å²) in [6, 6.07) is 14.0. The summed E-state index contributed by atoms with van der Waals surface area (Å²) < 4.78 is 40.4. The third-order valence-corrected chi connectivity index (χ3v) is 7.73. The van der Waals surface area contributed by atoms with Crippen LogP contribution in [0.1, 0.15) is 23.6 Å². The molecule has 5 rings (SSSR count). The molecule has 6 nitrogen and oxygen atoms in total. The molecule has 0 spiro atoms. The number of fused-ring (bicyclic) bond motifs is 3. The SMILES string of the molecule is CC(=O)N1CCN(C(=O)[C@H]2Cc3cc(C(F)(F)F)ccc3N3CCN(Cc4ccccc4)C[C@@H]23)CC1. The summed E-state index contributed by atoms with van der Waals surface area (Å²) >= 11 is 0. The van der Waals surface area contributed by atoms with Gasteiger partial charge in [0.1, 0.15) is 0 Å². The standard InChI is InChI=1S/C27H31F3N4O2/c1-19(35)32-10-12-33(13-11-32)26(36)23-16-21-15-22(27(28,29)30)7-8-24(21)34-14-9-31(18-25(23)34)17-20-5-3-2-4-6-20/h2-8,15,23,25H,9-14,16-18H2,1H3/t23-,25-/m0/s1. The molecule has 9 heteroatoms. The predicted octanol–water partition coefficient (Wildman–Crippen LogP) is 3.26. The largest absolute Gasteiger partial charge is 0.416 e. The number of amides is 2. The molecule has 2 atom stereocenters. The van der Waals surface area contributed by atoms with Crippen LogP contribution in [-0.4, -0.2) is 78.4 Å². The molecule has 0 unspecified atom stereocenters. The summed E-state index contributed by atoms with van der Waals surface area (Å²) in [6.45, 7) is 6.24. The second-order valence-electron chi connectivity index (χ2n) is 9.96. The molecule has 2 aromatic carbocycles. The van der Waals surface area contributed by atoms with E-state index in [1.165, 1.54) is 18.6 Å². The van der Waals surface area contributed by atoms with Gasteiger partial charge in [0.25, 0.3) is 0 Å². The zero-order chi connectivity index (χ0) is 25.4. The summed E-state index contributed by atoms with van der Waals surface area (Å²) in [5.74, 6) is -0.482. The lowest BCUT2D eigenvalue weighted by molar-refractivity contribution is -0.142. The van der Waals surface area contributed by atoms with Gasteiger partial charge in [0, 0.05) is 65.0 Å². The first-order valence-corrected chi connectivity index (χ1v) is 12.5. The Kier molecular flexibility index (Phi) is 6.68. The van der Waals surface area contributed by atoms with E-state index in [9.17, 15) is 22.8 Å². The average Bonchev–Trinajstić information content (AvgIpc) is 2.87. The Bertz CT molecular complexity index is 1120. The average molecular weight is 501 g/mol. The van der Waals surface area contributed by atoms with Crippen molar-refractivity contribution >= 4 is 17.5 Å². The van der Waals surface area contributed by atoms with Crippen LogP contribution in [0.4, 0.5) is 18.9 Å². The molecule has 0 saturated carbocycles. The maximum absolute atomic E-state index is 13.8. The van der Waals surface area contributed by atoms with Gasteiger partial charge in [-0.25, -0.2) is 0 Å². The Hall–Kier alpha value is -3.07. The lowest BCUT2D eigenvalue weighted by Gasteiger charge is -2.50. The quantitative estimate of drug-likeness (QED) is 0.649. The van der Waals surface area contributed by atoms with Gasteiger partial charge < -0.3 is 14.7 Å². The van der Waals surface area contributed by atoms with Crippen molar-refractivity contribution in [2.45, 2.75) is 32.1 Å². The molecule has 3 aliphatic heterocycles. The van der Waals surface area contributed by atoms with Gasteiger partial charge in [-0.3, -0.25) is 14.5 Å². The molecular formula is C27H31F3N4O2. The summed E-state index contributed by atoms with van der Waals surface area (Å²) in [4.78, 5) is 33.5. The van der Waals surface area contributed by atoms with E-state index in [-0.39, 0.29) is 24.3 Å². The highest BCUT2D eigenvalue weighted by atomic mass is 19.4. The van der Waals surface area contributed by atoms with E-state index in [1.807, 2.05) is 18.2 Å². The van der Waals surface area contributed by atoms with Crippen LogP contribution in [0.25, 0.3) is 0 Å². The zero-order valence-electron chi connectivity index (χ0n) is 20.4. The fourth-order valence-electron chi connectivity index (χ4n) is 5.80. The van der Waals surface area contributed by atoms with Crippen LogP contribution in [0, 0.1) is 5.92 Å². The highest BCUT2D eigenvalue weighted by Gasteiger charge is 2.44. The first-order valence-electron chi connectivity index (χ1n) is 12.5. The van der Waals surface area contributed by atoms with E-state index in [0.29, 0.717) is 44.8 Å². The van der Waals surface area contributed by atoms with Crippen molar-refractivity contribution in [3.8, 4) is 0 Å². The minimum absolute atomic E-state index is 0.0108. The molecule has 2 saturated heterocycles. The van der Waals surface area contributed by atoms with Crippen LogP contribution >= 0.6 is 0 Å².